The molecule has 9 heteroatoms. The molecule has 2 fully saturated rings. The quantitative estimate of drug-likeness (QED) is 0.471. The predicted octanol–water partition coefficient (Wildman–Crippen LogP) is 5.32. The maximum Gasteiger partial charge on any atom is 0.446 e. The van der Waals surface area contributed by atoms with Crippen molar-refractivity contribution in [3.05, 3.63) is 53.9 Å². The molecule has 158 valence electrons. The highest BCUT2D eigenvalue weighted by Gasteiger charge is 2.65. The summed E-state index contributed by atoms with van der Waals surface area (Å²) in [4.78, 5) is 33.2. The monoisotopic (exact) mass is 435 g/mol. The van der Waals surface area contributed by atoms with Crippen molar-refractivity contribution < 1.29 is 22.8 Å². The largest absolute Gasteiger partial charge is 0.446 e. The zero-order valence-corrected chi connectivity index (χ0v) is 17.3. The van der Waals surface area contributed by atoms with Crippen LogP contribution in [-0.2, 0) is 11.3 Å². The van der Waals surface area contributed by atoms with Crippen molar-refractivity contribution in [2.45, 2.75) is 55.1 Å². The van der Waals surface area contributed by atoms with E-state index in [2.05, 4.69) is 4.98 Å². The molecule has 2 aromatic rings. The summed E-state index contributed by atoms with van der Waals surface area (Å²) >= 11 is -0.233. The number of carbonyl (C=O) groups excluding carboxylic acids is 2. The summed E-state index contributed by atoms with van der Waals surface area (Å²) in [5, 5.41) is 0. The van der Waals surface area contributed by atoms with Crippen LogP contribution in [-0.4, -0.2) is 32.9 Å². The Morgan fingerprint density at radius 3 is 2.37 bits per heavy atom. The number of hydrogen-bond donors (Lipinski definition) is 0. The van der Waals surface area contributed by atoms with Crippen molar-refractivity contribution in [1.82, 2.24) is 9.88 Å². The molecule has 30 heavy (non-hydrogen) atoms. The van der Waals surface area contributed by atoms with Gasteiger partial charge in [-0.05, 0) is 72.5 Å². The van der Waals surface area contributed by atoms with Gasteiger partial charge in [0.15, 0.2) is 0 Å². The third-order valence-corrected chi connectivity index (χ3v) is 6.11. The summed E-state index contributed by atoms with van der Waals surface area (Å²) in [6.07, 6.45) is 2.86. The fourth-order valence-electron chi connectivity index (χ4n) is 3.65. The molecule has 1 aliphatic heterocycles. The number of pyridine rings is 1. The van der Waals surface area contributed by atoms with E-state index in [1.165, 1.54) is 24.3 Å². The van der Waals surface area contributed by atoms with Crippen LogP contribution in [0.4, 0.5) is 23.7 Å². The molecule has 3 amide bonds. The van der Waals surface area contributed by atoms with Gasteiger partial charge in [-0.3, -0.25) is 9.78 Å². The fraction of sp³-hybridized carbons (Fsp3) is 0.381. The third-order valence-electron chi connectivity index (χ3n) is 5.37. The number of rotatable bonds is 5. The molecule has 5 nitrogen and oxygen atoms in total. The standard InChI is InChI=1S/C21H20F3N3O2S/c1-13(2)17-11-14(7-10-25-17)12-26-19(29)27(18(28)20(26)8-9-20)15-3-5-16(6-4-15)30-21(22,23)24/h3-7,10-11,13H,8-9,12H2,1-2H3. The Kier molecular flexibility index (Phi) is 5.04. The molecule has 1 aliphatic carbocycles. The van der Waals surface area contributed by atoms with E-state index in [1.54, 1.807) is 11.1 Å². The zero-order valence-electron chi connectivity index (χ0n) is 16.4. The molecule has 1 aromatic carbocycles. The fourth-order valence-corrected chi connectivity index (χ4v) is 4.19. The summed E-state index contributed by atoms with van der Waals surface area (Å²) in [5.41, 5.74) is -3.17. The SMILES string of the molecule is CC(C)c1cc(CN2C(=O)N(c3ccc(SC(F)(F)F)cc3)C(=O)C23CC3)ccn1. The molecule has 2 aliphatic rings. The van der Waals surface area contributed by atoms with Crippen molar-refractivity contribution in [1.29, 1.82) is 0 Å². The van der Waals surface area contributed by atoms with E-state index in [0.717, 1.165) is 16.2 Å². The average molecular weight is 435 g/mol. The van der Waals surface area contributed by atoms with E-state index in [9.17, 15) is 22.8 Å². The van der Waals surface area contributed by atoms with E-state index in [4.69, 9.17) is 0 Å². The first-order valence-electron chi connectivity index (χ1n) is 9.57. The van der Waals surface area contributed by atoms with E-state index in [0.29, 0.717) is 12.8 Å². The van der Waals surface area contributed by atoms with Crippen LogP contribution < -0.4 is 4.90 Å². The number of benzene rings is 1. The lowest BCUT2D eigenvalue weighted by Crippen LogP contribution is -2.36. The second kappa shape index (κ2) is 7.30. The van der Waals surface area contributed by atoms with E-state index >= 15 is 0 Å². The molecule has 0 atom stereocenters. The molecule has 1 saturated carbocycles. The Morgan fingerprint density at radius 1 is 1.13 bits per heavy atom. The van der Waals surface area contributed by atoms with Gasteiger partial charge in [0, 0.05) is 23.3 Å². The second-order valence-electron chi connectivity index (χ2n) is 7.83. The first-order valence-corrected chi connectivity index (χ1v) is 10.4. The van der Waals surface area contributed by atoms with Gasteiger partial charge in [0.2, 0.25) is 0 Å². The normalized spacial score (nSPS) is 18.1. The molecule has 0 radical (unpaired) electrons. The Hall–Kier alpha value is -2.55. The van der Waals surface area contributed by atoms with Gasteiger partial charge in [0.25, 0.3) is 5.91 Å². The average Bonchev–Trinajstić information content (AvgIpc) is 3.45. The summed E-state index contributed by atoms with van der Waals surface area (Å²) < 4.78 is 37.6. The molecule has 1 spiro atoms. The minimum atomic E-state index is -4.39. The summed E-state index contributed by atoms with van der Waals surface area (Å²) in [7, 11) is 0. The second-order valence-corrected chi connectivity index (χ2v) is 8.96. The summed E-state index contributed by atoms with van der Waals surface area (Å²) in [5.74, 6) is -0.0813. The van der Waals surface area contributed by atoms with Gasteiger partial charge in [-0.15, -0.1) is 0 Å². The van der Waals surface area contributed by atoms with Crippen molar-refractivity contribution in [2.75, 3.05) is 4.90 Å². The van der Waals surface area contributed by atoms with Crippen molar-refractivity contribution >= 4 is 29.4 Å². The first-order chi connectivity index (χ1) is 14.1. The maximum atomic E-state index is 13.1. The lowest BCUT2D eigenvalue weighted by molar-refractivity contribution is -0.120. The lowest BCUT2D eigenvalue weighted by atomic mass is 10.1. The van der Waals surface area contributed by atoms with Crippen LogP contribution in [0, 0.1) is 0 Å². The number of imide groups is 1. The van der Waals surface area contributed by atoms with Gasteiger partial charge in [-0.1, -0.05) is 13.8 Å². The van der Waals surface area contributed by atoms with E-state index in [-0.39, 0.29) is 40.7 Å². The number of urea groups is 1. The smallest absolute Gasteiger partial charge is 0.305 e. The Balaban J connectivity index is 1.58. The number of thioether (sulfide) groups is 1. The molecule has 0 N–H and O–H groups in total. The molecule has 1 aromatic heterocycles. The van der Waals surface area contributed by atoms with Crippen LogP contribution in [0.1, 0.15) is 43.9 Å². The van der Waals surface area contributed by atoms with Gasteiger partial charge in [0.05, 0.1) is 5.69 Å². The van der Waals surface area contributed by atoms with Crippen LogP contribution in [0.5, 0.6) is 0 Å². The molecule has 0 unspecified atom stereocenters. The third kappa shape index (κ3) is 3.78. The van der Waals surface area contributed by atoms with Gasteiger partial charge in [-0.2, -0.15) is 13.2 Å². The molecule has 4 rings (SSSR count). The predicted molar refractivity (Wildman–Crippen MR) is 107 cm³/mol. The Labute approximate surface area is 176 Å². The lowest BCUT2D eigenvalue weighted by Gasteiger charge is -2.21. The van der Waals surface area contributed by atoms with Crippen molar-refractivity contribution in [3.8, 4) is 0 Å². The van der Waals surface area contributed by atoms with Crippen LogP contribution in [0.15, 0.2) is 47.5 Å². The molecular formula is C21H20F3N3O2S. The highest BCUT2D eigenvalue weighted by Crippen LogP contribution is 2.50. The number of aromatic nitrogens is 1. The maximum absolute atomic E-state index is 13.1. The minimum absolute atomic E-state index is 0.00124. The zero-order chi connectivity index (χ0) is 21.7. The number of carbonyl (C=O) groups is 2. The summed E-state index contributed by atoms with van der Waals surface area (Å²) in [6, 6.07) is 8.62. The van der Waals surface area contributed by atoms with E-state index < -0.39 is 17.1 Å². The molecular weight excluding hydrogens is 415 g/mol. The topological polar surface area (TPSA) is 53.5 Å². The molecule has 0 bridgehead atoms. The summed E-state index contributed by atoms with van der Waals surface area (Å²) in [6.45, 7) is 4.34. The van der Waals surface area contributed by atoms with Gasteiger partial charge in [-0.25, -0.2) is 9.69 Å². The van der Waals surface area contributed by atoms with Gasteiger partial charge < -0.3 is 4.90 Å². The van der Waals surface area contributed by atoms with Crippen molar-refractivity contribution in [3.63, 3.8) is 0 Å². The molecule has 2 heterocycles. The van der Waals surface area contributed by atoms with Gasteiger partial charge >= 0.3 is 11.5 Å². The number of anilines is 1. The number of alkyl halides is 3. The van der Waals surface area contributed by atoms with Gasteiger partial charge in [0.1, 0.15) is 5.54 Å². The Morgan fingerprint density at radius 2 is 1.80 bits per heavy atom. The van der Waals surface area contributed by atoms with Crippen LogP contribution in [0.25, 0.3) is 0 Å². The van der Waals surface area contributed by atoms with Crippen LogP contribution >= 0.6 is 11.8 Å². The first kappa shape index (κ1) is 20.7. The highest BCUT2D eigenvalue weighted by molar-refractivity contribution is 8.00. The van der Waals surface area contributed by atoms with E-state index in [1.807, 2.05) is 26.0 Å². The number of hydrogen-bond acceptors (Lipinski definition) is 4. The van der Waals surface area contributed by atoms with Crippen LogP contribution in [0.2, 0.25) is 0 Å². The molecule has 1 saturated heterocycles. The van der Waals surface area contributed by atoms with Crippen LogP contribution in [0.3, 0.4) is 0 Å². The minimum Gasteiger partial charge on any atom is -0.305 e. The Bertz CT molecular complexity index is 988. The number of nitrogens with zero attached hydrogens (tertiary/aromatic N) is 3. The van der Waals surface area contributed by atoms with Crippen molar-refractivity contribution in [2.24, 2.45) is 0 Å². The highest BCUT2D eigenvalue weighted by atomic mass is 32.2. The number of halogens is 3. The number of amides is 3.